The molecule has 1 atom stereocenters. The summed E-state index contributed by atoms with van der Waals surface area (Å²) in [4.78, 5) is 8.35. The summed E-state index contributed by atoms with van der Waals surface area (Å²) in [6.45, 7) is 5.74. The quantitative estimate of drug-likeness (QED) is 0.600. The highest BCUT2D eigenvalue weighted by Gasteiger charge is 2.36. The van der Waals surface area contributed by atoms with E-state index in [-0.39, 0.29) is 18.4 Å². The van der Waals surface area contributed by atoms with E-state index >= 15 is 0 Å². The molecule has 9 nitrogen and oxygen atoms in total. The largest absolute Gasteiger partial charge is 0.493 e. The number of benzene rings is 1. The molecule has 33 heavy (non-hydrogen) atoms. The molecule has 2 fully saturated rings. The average molecular weight is 462 g/mol. The van der Waals surface area contributed by atoms with E-state index in [1.807, 2.05) is 6.07 Å². The third-order valence-electron chi connectivity index (χ3n) is 7.16. The van der Waals surface area contributed by atoms with Gasteiger partial charge in [-0.15, -0.1) is 0 Å². The number of nitrogens with one attached hydrogen (secondary N) is 1. The van der Waals surface area contributed by atoms with E-state index < -0.39 is 0 Å². The van der Waals surface area contributed by atoms with Gasteiger partial charge in [-0.05, 0) is 18.9 Å². The molecular weight excluding hydrogens is 426 g/mol. The molecule has 182 valence electrons. The fourth-order valence-electron chi connectivity index (χ4n) is 5.46. The van der Waals surface area contributed by atoms with Crippen molar-refractivity contribution in [3.05, 3.63) is 11.6 Å². The summed E-state index contributed by atoms with van der Waals surface area (Å²) >= 11 is 0. The van der Waals surface area contributed by atoms with Gasteiger partial charge in [-0.2, -0.15) is 0 Å². The van der Waals surface area contributed by atoms with Crippen LogP contribution in [0.4, 0.5) is 0 Å². The number of methoxy groups -OCH3 is 2. The lowest BCUT2D eigenvalue weighted by Gasteiger charge is -2.38. The lowest BCUT2D eigenvalue weighted by atomic mass is 9.95. The van der Waals surface area contributed by atoms with Gasteiger partial charge in [0.25, 0.3) is 0 Å². The van der Waals surface area contributed by atoms with Crippen LogP contribution in [-0.2, 0) is 16.0 Å². The first-order chi connectivity index (χ1) is 16.2. The zero-order chi connectivity index (χ0) is 22.7. The summed E-state index contributed by atoms with van der Waals surface area (Å²) < 4.78 is 27.9. The third kappa shape index (κ3) is 4.85. The predicted molar refractivity (Wildman–Crippen MR) is 123 cm³/mol. The van der Waals surface area contributed by atoms with Crippen molar-refractivity contribution in [2.24, 2.45) is 5.16 Å². The van der Waals surface area contributed by atoms with Crippen molar-refractivity contribution in [3.63, 3.8) is 0 Å². The molecule has 0 radical (unpaired) electrons. The van der Waals surface area contributed by atoms with Gasteiger partial charge in [0.2, 0.25) is 18.3 Å². The van der Waals surface area contributed by atoms with Gasteiger partial charge in [0.15, 0.2) is 11.5 Å². The van der Waals surface area contributed by atoms with Gasteiger partial charge in [0.05, 0.1) is 33.1 Å². The fraction of sp³-hybridized carbons (Fsp3) is 0.708. The molecule has 1 saturated heterocycles. The molecule has 1 N–H and O–H groups in total. The van der Waals surface area contributed by atoms with Crippen LogP contribution in [0.5, 0.6) is 23.0 Å². The van der Waals surface area contributed by atoms with Crippen LogP contribution in [0.2, 0.25) is 0 Å². The fourth-order valence-corrected chi connectivity index (χ4v) is 5.46. The van der Waals surface area contributed by atoms with Gasteiger partial charge >= 0.3 is 0 Å². The Labute approximate surface area is 195 Å². The van der Waals surface area contributed by atoms with Gasteiger partial charge in [-0.25, -0.2) is 0 Å². The van der Waals surface area contributed by atoms with E-state index in [1.54, 1.807) is 14.2 Å². The molecule has 0 amide bonds. The Kier molecular flexibility index (Phi) is 6.80. The Bertz CT molecular complexity index is 864. The molecular formula is C24H35N3O6. The van der Waals surface area contributed by atoms with Crippen LogP contribution in [-0.4, -0.2) is 82.7 Å². The van der Waals surface area contributed by atoms with Gasteiger partial charge < -0.3 is 33.8 Å². The summed E-state index contributed by atoms with van der Waals surface area (Å²) in [6, 6.07) is 1.95. The minimum absolute atomic E-state index is 0.0421. The highest BCUT2D eigenvalue weighted by Crippen LogP contribution is 2.50. The van der Waals surface area contributed by atoms with Crippen molar-refractivity contribution in [2.75, 3.05) is 60.4 Å². The molecule has 1 saturated carbocycles. The molecule has 4 aliphatic rings. The SMILES string of the molecule is COc1cc(CC2CC(CNC3(CN4CCOCC4)CCCC3)=NO2)c(OC)c2c1OCO2. The molecule has 3 aliphatic heterocycles. The lowest BCUT2D eigenvalue weighted by molar-refractivity contribution is 0.0244. The van der Waals surface area contributed by atoms with Crippen LogP contribution in [0.3, 0.4) is 0 Å². The molecule has 5 rings (SSSR count). The Hall–Kier alpha value is -2.23. The Morgan fingerprint density at radius 3 is 2.67 bits per heavy atom. The minimum Gasteiger partial charge on any atom is -0.493 e. The Balaban J connectivity index is 1.19. The van der Waals surface area contributed by atoms with Crippen molar-refractivity contribution in [1.82, 2.24) is 10.2 Å². The Morgan fingerprint density at radius 1 is 1.12 bits per heavy atom. The third-order valence-corrected chi connectivity index (χ3v) is 7.16. The van der Waals surface area contributed by atoms with Crippen LogP contribution in [0.25, 0.3) is 0 Å². The molecule has 1 aromatic carbocycles. The minimum atomic E-state index is -0.0421. The second-order valence-electron chi connectivity index (χ2n) is 9.36. The smallest absolute Gasteiger partial charge is 0.231 e. The number of rotatable bonds is 9. The number of morpholine rings is 1. The Morgan fingerprint density at radius 2 is 1.91 bits per heavy atom. The molecule has 0 spiro atoms. The van der Waals surface area contributed by atoms with Crippen molar-refractivity contribution in [1.29, 1.82) is 0 Å². The summed E-state index contributed by atoms with van der Waals surface area (Å²) in [5, 5.41) is 8.28. The van der Waals surface area contributed by atoms with E-state index in [9.17, 15) is 0 Å². The normalized spacial score (nSPS) is 23.9. The molecule has 1 aromatic rings. The van der Waals surface area contributed by atoms with Crippen molar-refractivity contribution < 1.29 is 28.5 Å². The monoisotopic (exact) mass is 461 g/mol. The summed E-state index contributed by atoms with van der Waals surface area (Å²) in [6.07, 6.45) is 6.41. The van der Waals surface area contributed by atoms with Crippen LogP contribution in [0.15, 0.2) is 11.2 Å². The first-order valence-electron chi connectivity index (χ1n) is 12.0. The maximum Gasteiger partial charge on any atom is 0.231 e. The molecule has 0 aromatic heterocycles. The number of hydrogen-bond donors (Lipinski definition) is 1. The number of nitrogens with zero attached hydrogens (tertiary/aromatic N) is 2. The standard InChI is InChI=1S/C24H35N3O6/c1-28-20-12-17(21(29-2)23-22(20)31-16-32-23)11-19-13-18(26-33-19)14-25-24(5-3-4-6-24)15-27-7-9-30-10-8-27/h12,19,25H,3-11,13-16H2,1-2H3. The average Bonchev–Trinajstić information content (AvgIpc) is 3.60. The van der Waals surface area contributed by atoms with Crippen LogP contribution >= 0.6 is 0 Å². The van der Waals surface area contributed by atoms with Gasteiger partial charge in [-0.3, -0.25) is 4.90 Å². The molecule has 3 heterocycles. The van der Waals surface area contributed by atoms with Crippen molar-refractivity contribution in [2.45, 2.75) is 50.2 Å². The number of oxime groups is 1. The topological polar surface area (TPSA) is 83.0 Å². The summed E-state index contributed by atoms with van der Waals surface area (Å²) in [7, 11) is 3.27. The van der Waals surface area contributed by atoms with E-state index in [0.717, 1.165) is 57.1 Å². The first-order valence-corrected chi connectivity index (χ1v) is 12.0. The van der Waals surface area contributed by atoms with Crippen LogP contribution < -0.4 is 24.3 Å². The molecule has 1 unspecified atom stereocenters. The highest BCUT2D eigenvalue weighted by molar-refractivity contribution is 5.87. The van der Waals surface area contributed by atoms with Gasteiger partial charge in [0.1, 0.15) is 6.10 Å². The number of hydrogen-bond acceptors (Lipinski definition) is 9. The molecule has 1 aliphatic carbocycles. The van der Waals surface area contributed by atoms with E-state index in [1.165, 1.54) is 25.7 Å². The zero-order valence-electron chi connectivity index (χ0n) is 19.7. The van der Waals surface area contributed by atoms with Gasteiger partial charge in [-0.1, -0.05) is 18.0 Å². The second-order valence-corrected chi connectivity index (χ2v) is 9.36. The maximum absolute atomic E-state index is 5.81. The summed E-state index contributed by atoms with van der Waals surface area (Å²) in [5.74, 6) is 2.51. The zero-order valence-corrected chi connectivity index (χ0v) is 19.7. The van der Waals surface area contributed by atoms with Gasteiger partial charge in [0, 0.05) is 50.1 Å². The summed E-state index contributed by atoms with van der Waals surface area (Å²) in [5.41, 5.74) is 2.21. The number of fused-ring (bicyclic) bond motifs is 1. The lowest BCUT2D eigenvalue weighted by Crippen LogP contribution is -2.55. The van der Waals surface area contributed by atoms with Crippen LogP contribution in [0.1, 0.15) is 37.7 Å². The second kappa shape index (κ2) is 9.95. The van der Waals surface area contributed by atoms with E-state index in [4.69, 9.17) is 28.5 Å². The predicted octanol–water partition coefficient (Wildman–Crippen LogP) is 2.35. The van der Waals surface area contributed by atoms with E-state index in [2.05, 4.69) is 15.4 Å². The van der Waals surface area contributed by atoms with Crippen molar-refractivity contribution in [3.8, 4) is 23.0 Å². The van der Waals surface area contributed by atoms with Crippen molar-refractivity contribution >= 4 is 5.71 Å². The highest BCUT2D eigenvalue weighted by atomic mass is 16.7. The molecule has 0 bridgehead atoms. The van der Waals surface area contributed by atoms with E-state index in [0.29, 0.717) is 29.4 Å². The maximum atomic E-state index is 5.81. The molecule has 9 heteroatoms. The van der Waals surface area contributed by atoms with Crippen LogP contribution in [0, 0.1) is 0 Å². The first kappa shape index (κ1) is 22.6. The number of ether oxygens (including phenoxy) is 5.